The molecule has 0 radical (unpaired) electrons. The average Bonchev–Trinajstić information content (AvgIpc) is 2.88. The van der Waals surface area contributed by atoms with Gasteiger partial charge in [0.25, 0.3) is 16.5 Å². The van der Waals surface area contributed by atoms with Gasteiger partial charge in [0.1, 0.15) is 0 Å². The highest BCUT2D eigenvalue weighted by Gasteiger charge is 2.30. The summed E-state index contributed by atoms with van der Waals surface area (Å²) in [6, 6.07) is 0.139. The lowest BCUT2D eigenvalue weighted by Gasteiger charge is -2.10. The maximum atomic E-state index is 12.4. The summed E-state index contributed by atoms with van der Waals surface area (Å²) in [5.41, 5.74) is 0. The largest absolute Gasteiger partial charge is 0.481 e. The van der Waals surface area contributed by atoms with Crippen molar-refractivity contribution in [1.82, 2.24) is 24.5 Å². The summed E-state index contributed by atoms with van der Waals surface area (Å²) in [4.78, 5) is 30.2. The molecule has 2 heterocycles. The summed E-state index contributed by atoms with van der Waals surface area (Å²) in [5.74, 6) is -0.680. The van der Waals surface area contributed by atoms with Crippen molar-refractivity contribution in [3.05, 3.63) is 11.2 Å². The summed E-state index contributed by atoms with van der Waals surface area (Å²) in [5, 5.41) is 4.71. The fourth-order valence-electron chi connectivity index (χ4n) is 1.87. The molecule has 0 spiro atoms. The van der Waals surface area contributed by atoms with Gasteiger partial charge in [-0.25, -0.2) is 9.52 Å². The number of sulfonamides is 1. The first-order chi connectivity index (χ1) is 12.7. The van der Waals surface area contributed by atoms with Crippen LogP contribution in [0.25, 0.3) is 0 Å². The lowest BCUT2D eigenvalue weighted by Crippen LogP contribution is -2.36. The van der Waals surface area contributed by atoms with Gasteiger partial charge in [0.05, 0.1) is 20.3 Å². The number of ether oxygens (including phenoxy) is 3. The summed E-state index contributed by atoms with van der Waals surface area (Å²) in [7, 11) is -0.633. The number of methoxy groups -OCH3 is 2. The minimum Gasteiger partial charge on any atom is -0.481 e. The fraction of sp³-hybridized carbons (Fsp3) is 0.250. The molecule has 0 aliphatic heterocycles. The van der Waals surface area contributed by atoms with E-state index in [9.17, 15) is 18.0 Å². The van der Waals surface area contributed by atoms with Gasteiger partial charge in [0, 0.05) is 7.05 Å². The SMILES string of the molecule is COc1cc(OC)nc(NC(=O)NS(=O)(=O)c2c(OC=O)c(Cl)nn2C)n1. The Labute approximate surface area is 157 Å². The Morgan fingerprint density at radius 1 is 1.26 bits per heavy atom. The van der Waals surface area contributed by atoms with Crippen molar-refractivity contribution in [1.29, 1.82) is 0 Å². The number of nitrogens with one attached hydrogen (secondary N) is 2. The molecule has 0 fully saturated rings. The molecule has 0 aromatic carbocycles. The predicted octanol–water partition coefficient (Wildman–Crippen LogP) is -0.0737. The predicted molar refractivity (Wildman–Crippen MR) is 89.4 cm³/mol. The molecule has 13 nitrogen and oxygen atoms in total. The van der Waals surface area contributed by atoms with Crippen LogP contribution >= 0.6 is 11.6 Å². The number of carbonyl (C=O) groups is 2. The van der Waals surface area contributed by atoms with Crippen LogP contribution in [0.3, 0.4) is 0 Å². The lowest BCUT2D eigenvalue weighted by molar-refractivity contribution is -0.120. The maximum absolute atomic E-state index is 12.4. The van der Waals surface area contributed by atoms with E-state index in [2.05, 4.69) is 25.1 Å². The molecule has 2 amide bonds. The molecule has 0 saturated heterocycles. The van der Waals surface area contributed by atoms with Crippen molar-refractivity contribution in [3.63, 3.8) is 0 Å². The maximum Gasteiger partial charge on any atom is 0.335 e. The lowest BCUT2D eigenvalue weighted by atomic mass is 10.6. The standard InChI is InChI=1S/C12H13ClN6O7S/c1-19-10(8(26-5-20)9(13)17-19)27(22,23)18-12(21)16-11-14-6(24-2)4-7(15-11)25-3/h4-5H,1-3H3,(H2,14,15,16,18,21). The highest BCUT2D eigenvalue weighted by molar-refractivity contribution is 7.90. The van der Waals surface area contributed by atoms with Gasteiger partial charge in [-0.15, -0.1) is 0 Å². The van der Waals surface area contributed by atoms with Crippen molar-refractivity contribution in [2.45, 2.75) is 5.03 Å². The Kier molecular flexibility index (Phi) is 6.02. The van der Waals surface area contributed by atoms with Gasteiger partial charge < -0.3 is 14.2 Å². The number of hydrogen-bond donors (Lipinski definition) is 2. The molecule has 15 heteroatoms. The molecule has 0 unspecified atom stereocenters. The third-order valence-electron chi connectivity index (χ3n) is 2.88. The van der Waals surface area contributed by atoms with Crippen LogP contribution in [0.5, 0.6) is 17.5 Å². The summed E-state index contributed by atoms with van der Waals surface area (Å²) < 4.78 is 41.7. The zero-order valence-corrected chi connectivity index (χ0v) is 15.7. The number of hydrogen-bond acceptors (Lipinski definition) is 10. The third kappa shape index (κ3) is 4.53. The number of carbonyl (C=O) groups excluding carboxylic acids is 2. The van der Waals surface area contributed by atoms with Crippen LogP contribution in [0, 0.1) is 0 Å². The van der Waals surface area contributed by atoms with Crippen LogP contribution < -0.4 is 24.2 Å². The van der Waals surface area contributed by atoms with E-state index in [1.54, 1.807) is 4.72 Å². The highest BCUT2D eigenvalue weighted by Crippen LogP contribution is 2.30. The van der Waals surface area contributed by atoms with Gasteiger partial charge in [-0.1, -0.05) is 11.6 Å². The molecule has 2 aromatic rings. The van der Waals surface area contributed by atoms with Crippen molar-refractivity contribution in [2.75, 3.05) is 19.5 Å². The number of urea groups is 1. The zero-order chi connectivity index (χ0) is 20.2. The Bertz CT molecular complexity index is 955. The van der Waals surface area contributed by atoms with E-state index in [1.807, 2.05) is 0 Å². The van der Waals surface area contributed by atoms with Crippen LogP contribution in [-0.2, 0) is 21.9 Å². The Morgan fingerprint density at radius 3 is 2.37 bits per heavy atom. The van der Waals surface area contributed by atoms with Gasteiger partial charge in [-0.05, 0) is 0 Å². The number of aromatic nitrogens is 4. The molecule has 2 rings (SSSR count). The Hall–Kier alpha value is -3.13. The van der Waals surface area contributed by atoms with E-state index >= 15 is 0 Å². The smallest absolute Gasteiger partial charge is 0.335 e. The monoisotopic (exact) mass is 420 g/mol. The number of anilines is 1. The van der Waals surface area contributed by atoms with E-state index in [4.69, 9.17) is 21.1 Å². The molecule has 2 N–H and O–H groups in total. The van der Waals surface area contributed by atoms with Crippen LogP contribution in [0.2, 0.25) is 5.15 Å². The van der Waals surface area contributed by atoms with Crippen molar-refractivity contribution in [3.8, 4) is 17.5 Å². The average molecular weight is 421 g/mol. The van der Waals surface area contributed by atoms with Crippen LogP contribution in [0.4, 0.5) is 10.7 Å². The van der Waals surface area contributed by atoms with Crippen molar-refractivity contribution < 1.29 is 32.2 Å². The summed E-state index contributed by atoms with van der Waals surface area (Å²) in [6.07, 6.45) is 0. The third-order valence-corrected chi connectivity index (χ3v) is 4.54. The van der Waals surface area contributed by atoms with Crippen LogP contribution in [-0.4, -0.2) is 54.9 Å². The quantitative estimate of drug-likeness (QED) is 0.579. The van der Waals surface area contributed by atoms with E-state index in [0.29, 0.717) is 0 Å². The number of rotatable bonds is 7. The molecule has 27 heavy (non-hydrogen) atoms. The number of nitrogens with zero attached hydrogens (tertiary/aromatic N) is 4. The number of amides is 2. The van der Waals surface area contributed by atoms with Crippen molar-refractivity contribution >= 4 is 40.1 Å². The van der Waals surface area contributed by atoms with Gasteiger partial charge >= 0.3 is 6.03 Å². The molecule has 0 bridgehead atoms. The highest BCUT2D eigenvalue weighted by atomic mass is 35.5. The van der Waals surface area contributed by atoms with Gasteiger partial charge in [0.2, 0.25) is 28.5 Å². The normalized spacial score (nSPS) is 10.8. The van der Waals surface area contributed by atoms with Gasteiger partial charge in [0.15, 0.2) is 5.15 Å². The topological polar surface area (TPSA) is 164 Å². The molecule has 2 aromatic heterocycles. The Balaban J connectivity index is 2.27. The van der Waals surface area contributed by atoms with E-state index in [-0.39, 0.29) is 29.3 Å². The number of halogens is 1. The van der Waals surface area contributed by atoms with E-state index in [0.717, 1.165) is 4.68 Å². The second-order valence-electron chi connectivity index (χ2n) is 4.60. The van der Waals surface area contributed by atoms with E-state index in [1.165, 1.54) is 27.3 Å². The second kappa shape index (κ2) is 8.05. The minimum atomic E-state index is -4.52. The first-order valence-corrected chi connectivity index (χ1v) is 8.71. The van der Waals surface area contributed by atoms with Gasteiger partial charge in [-0.3, -0.25) is 14.8 Å². The van der Waals surface area contributed by atoms with Crippen LogP contribution in [0.1, 0.15) is 0 Å². The summed E-state index contributed by atoms with van der Waals surface area (Å²) in [6.45, 7) is -0.0294. The number of aryl methyl sites for hydroxylation is 1. The Morgan fingerprint density at radius 2 is 1.85 bits per heavy atom. The first kappa shape index (κ1) is 20.2. The molecular weight excluding hydrogens is 408 g/mol. The second-order valence-corrected chi connectivity index (χ2v) is 6.55. The fourth-order valence-corrected chi connectivity index (χ4v) is 3.34. The molecule has 0 aliphatic rings. The molecule has 0 saturated carbocycles. The molecular formula is C12H13ClN6O7S. The van der Waals surface area contributed by atoms with Gasteiger partial charge in [-0.2, -0.15) is 23.5 Å². The zero-order valence-electron chi connectivity index (χ0n) is 14.1. The molecule has 0 atom stereocenters. The first-order valence-electron chi connectivity index (χ1n) is 6.85. The summed E-state index contributed by atoms with van der Waals surface area (Å²) >= 11 is 5.71. The van der Waals surface area contributed by atoms with E-state index < -0.39 is 26.8 Å². The minimum absolute atomic E-state index is 0.0294. The molecule has 146 valence electrons. The van der Waals surface area contributed by atoms with Crippen molar-refractivity contribution in [2.24, 2.45) is 7.05 Å². The molecule has 0 aliphatic carbocycles. The van der Waals surface area contributed by atoms with Crippen LogP contribution in [0.15, 0.2) is 11.1 Å².